The molecule has 2 N–H and O–H groups in total. The molecule has 0 atom stereocenters. The zero-order chi connectivity index (χ0) is 85.9. The number of rotatable bonds is 10. The van der Waals surface area contributed by atoms with Gasteiger partial charge < -0.3 is 90.9 Å². The van der Waals surface area contributed by atoms with E-state index in [1.54, 1.807) is 52.5 Å². The monoisotopic (exact) mass is 2550 g/mol. The SMILES string of the molecule is CC(C)(O)C(C)(C)O.C[P+](C)(C)c1cc[c-]c(-c2ccccn2)c1.C[P+](C)(C)c1cc[c-]c(-c2nccc3ccccc23)c1.[C-]#N.[C-]#N.[Ir+3].[Ir+3].[Ir].[Ir].[Ir].[N-]=[N+]=[N-].[N-]=[N+]=[N-].[c-]1ccccc1-c1ccccn1.[c-]1ccccc1-c1ccccn1.[c-]1ccccc1-c1ccccn1.[c-]1ccccc1-c1ccccn1.[c-]1ccccc1-c1nccc2ccccc12. The van der Waals surface area contributed by atoms with Crippen molar-refractivity contribution < 1.29 is 111 Å². The maximum absolute atomic E-state index is 9.10. The number of aliphatic hydroxyl groups is 2. The molecule has 0 amide bonds. The molecule has 7 aromatic heterocycles. The molecule has 9 aromatic carbocycles. The van der Waals surface area contributed by atoms with Gasteiger partial charge in [-0.1, -0.05) is 109 Å². The average Bonchev–Trinajstić information content (AvgIpc) is 0.810. The minimum Gasteiger partial charge on any atom is -0.512 e. The van der Waals surface area contributed by atoms with Crippen LogP contribution < -0.4 is 10.6 Å². The van der Waals surface area contributed by atoms with Crippen LogP contribution in [-0.4, -0.2) is 96.3 Å². The summed E-state index contributed by atoms with van der Waals surface area (Å²) in [5, 5.41) is 38.3. The average molecular weight is 2540 g/mol. The van der Waals surface area contributed by atoms with Gasteiger partial charge in [-0.15, -0.1) is 239 Å². The Labute approximate surface area is 793 Å². The molecular formula is C99H90Ir5N15O2P2-3. The van der Waals surface area contributed by atoms with E-state index in [1.165, 1.54) is 42.0 Å². The number of hydrogen-bond donors (Lipinski definition) is 2. The standard InChI is InChI=1S/C18H18NP.C15H10N.C14H16NP.4C11H8N.C6H14O2.2CN.5Ir.2N3/c1-20(2,3)16-9-6-8-15(13-16)18-17-10-5-4-7-14(17)11-12-19-18;1-2-7-13(8-3-1)15-14-9-5-4-6-12(14)10-11-16-15;1-16(2,3)13-8-6-7-12(11-13)14-9-4-5-10-15-14;4*1-2-6-10(7-3-1)11-8-4-5-9-12-11;1-5(2,7)6(3,4)8;2*1-2;;;;;;2*1-3-2/h4-7,9-13H,1-3H3;1-7,9-11H;4-6,8-11H,1-3H3;4*1-6,8-9H;7-8H,1-4H3;;;;;;;;;/q;-1;;4*-1;;2*-1;;;;2*+3;2*-1. The predicted molar refractivity (Wildman–Crippen MR) is 486 cm³/mol. The molecule has 0 spiro atoms. The van der Waals surface area contributed by atoms with Crippen molar-refractivity contribution in [2.24, 2.45) is 0 Å². The molecule has 0 aliphatic carbocycles. The molecule has 0 bridgehead atoms. The van der Waals surface area contributed by atoms with Gasteiger partial charge in [0.25, 0.3) is 0 Å². The molecule has 3 radical (unpaired) electrons. The Morgan fingerprint density at radius 3 is 0.764 bits per heavy atom. The maximum atomic E-state index is 9.10. The van der Waals surface area contributed by atoms with Crippen molar-refractivity contribution in [3.63, 3.8) is 0 Å². The fraction of sp³-hybridized carbons (Fsp3) is 0.121. The van der Waals surface area contributed by atoms with Gasteiger partial charge in [-0.2, -0.15) is 0 Å². The van der Waals surface area contributed by atoms with E-state index in [9.17, 15) is 0 Å². The minimum atomic E-state index is -1.02. The van der Waals surface area contributed by atoms with E-state index >= 15 is 0 Å². The molecule has 16 rings (SSSR count). The van der Waals surface area contributed by atoms with Crippen LogP contribution in [0.2, 0.25) is 0 Å². The molecule has 0 unspecified atom stereocenters. The van der Waals surface area contributed by atoms with E-state index in [0.717, 1.165) is 78.8 Å². The van der Waals surface area contributed by atoms with Crippen molar-refractivity contribution in [1.29, 1.82) is 10.5 Å². The van der Waals surface area contributed by atoms with Gasteiger partial charge in [-0.05, 0) is 132 Å². The summed E-state index contributed by atoms with van der Waals surface area (Å²) in [6.45, 7) is 29.8. The van der Waals surface area contributed by atoms with Crippen molar-refractivity contribution in [2.45, 2.75) is 38.9 Å². The third-order valence-electron chi connectivity index (χ3n) is 16.7. The Morgan fingerprint density at radius 2 is 0.512 bits per heavy atom. The second-order valence-electron chi connectivity index (χ2n) is 27.5. The second-order valence-corrected chi connectivity index (χ2v) is 36.5. The number of nitrogens with zero attached hydrogens (tertiary/aromatic N) is 15. The molecule has 16 aromatic rings. The summed E-state index contributed by atoms with van der Waals surface area (Å²) in [5.74, 6) is 0. The Bertz CT molecular complexity index is 5100. The zero-order valence-corrected chi connectivity index (χ0v) is 82.9. The van der Waals surface area contributed by atoms with Gasteiger partial charge in [0.05, 0.1) is 51.2 Å². The van der Waals surface area contributed by atoms with E-state index in [1.807, 2.05) is 261 Å². The topological polar surface area (TPSA) is 296 Å². The van der Waals surface area contributed by atoms with Gasteiger partial charge in [0.2, 0.25) is 0 Å². The Balaban J connectivity index is 0.00000137. The molecule has 7 heterocycles. The molecule has 0 aliphatic heterocycles. The minimum absolute atomic E-state index is 0. The molecule has 0 aliphatic rings. The summed E-state index contributed by atoms with van der Waals surface area (Å²) in [5.41, 5.74) is 39.3. The van der Waals surface area contributed by atoms with Crippen LogP contribution in [-0.2, 0) is 101 Å². The van der Waals surface area contributed by atoms with Gasteiger partial charge in [-0.3, -0.25) is 9.82 Å². The van der Waals surface area contributed by atoms with Crippen LogP contribution in [0.15, 0.2) is 353 Å². The van der Waals surface area contributed by atoms with Crippen molar-refractivity contribution in [3.8, 4) is 78.8 Å². The summed E-state index contributed by atoms with van der Waals surface area (Å²) in [7, 11) is -1.99. The quantitative estimate of drug-likeness (QED) is 0.0426. The first kappa shape index (κ1) is 112. The molecule has 24 heteroatoms. The fourth-order valence-corrected chi connectivity index (χ4v) is 12.1. The first-order chi connectivity index (χ1) is 57.0. The molecule has 17 nitrogen and oxygen atoms in total. The predicted octanol–water partition coefficient (Wildman–Crippen LogP) is 23.7. The number of benzene rings is 9. The van der Waals surface area contributed by atoms with E-state index in [2.05, 4.69) is 184 Å². The van der Waals surface area contributed by atoms with Gasteiger partial charge in [-0.25, -0.2) is 0 Å². The zero-order valence-electron chi connectivity index (χ0n) is 69.2. The maximum Gasteiger partial charge on any atom is 3.00 e. The Kier molecular flexibility index (Phi) is 56.8. The summed E-state index contributed by atoms with van der Waals surface area (Å²) in [4.78, 5) is 33.3. The van der Waals surface area contributed by atoms with Crippen LogP contribution in [0.4, 0.5) is 0 Å². The molecule has 0 saturated carbocycles. The third-order valence-corrected chi connectivity index (χ3v) is 20.4. The first-order valence-electron chi connectivity index (χ1n) is 36.7. The molecule has 0 fully saturated rings. The van der Waals surface area contributed by atoms with Crippen LogP contribution in [0.3, 0.4) is 0 Å². The summed E-state index contributed by atoms with van der Waals surface area (Å²) in [6, 6.07) is 125. The van der Waals surface area contributed by atoms with Gasteiger partial charge >= 0.3 is 40.2 Å². The van der Waals surface area contributed by atoms with Crippen molar-refractivity contribution in [3.05, 3.63) is 440 Å². The van der Waals surface area contributed by atoms with Gasteiger partial charge in [0, 0.05) is 129 Å². The number of hydrogen-bond acceptors (Lipinski definition) is 11. The van der Waals surface area contributed by atoms with E-state index in [-0.39, 0.29) is 101 Å². The molecule has 0 saturated heterocycles. The van der Waals surface area contributed by atoms with E-state index in [4.69, 9.17) is 56.0 Å². The van der Waals surface area contributed by atoms with Crippen molar-refractivity contribution in [2.75, 3.05) is 40.0 Å². The van der Waals surface area contributed by atoms with E-state index in [0.29, 0.717) is 0 Å². The normalized spacial score (nSPS) is 9.63. The van der Waals surface area contributed by atoms with Crippen molar-refractivity contribution in [1.82, 2.24) is 34.9 Å². The summed E-state index contributed by atoms with van der Waals surface area (Å²) in [6.07, 6.45) is 12.7. The van der Waals surface area contributed by atoms with Crippen LogP contribution in [0.5, 0.6) is 0 Å². The third kappa shape index (κ3) is 40.8. The van der Waals surface area contributed by atoms with Crippen LogP contribution in [0.1, 0.15) is 27.7 Å². The number of fused-ring (bicyclic) bond motifs is 2. The first-order valence-corrected chi connectivity index (χ1v) is 42.9. The van der Waals surface area contributed by atoms with Crippen molar-refractivity contribution >= 4 is 46.7 Å². The number of pyridine rings is 7. The fourth-order valence-electron chi connectivity index (χ4n) is 10.1. The molecule has 631 valence electrons. The van der Waals surface area contributed by atoms with Crippen LogP contribution >= 0.6 is 14.5 Å². The smallest absolute Gasteiger partial charge is 0.512 e. The van der Waals surface area contributed by atoms with Crippen LogP contribution in [0.25, 0.3) is 132 Å². The second kappa shape index (κ2) is 62.3. The summed E-state index contributed by atoms with van der Waals surface area (Å²) < 4.78 is 0. The van der Waals surface area contributed by atoms with E-state index < -0.39 is 25.7 Å². The Morgan fingerprint density at radius 1 is 0.285 bits per heavy atom. The van der Waals surface area contributed by atoms with Gasteiger partial charge in [0.1, 0.15) is 0 Å². The molecular weight excluding hydrogens is 2450 g/mol. The molecule has 123 heavy (non-hydrogen) atoms. The Hall–Kier alpha value is -10.8. The number of aromatic nitrogens is 7. The van der Waals surface area contributed by atoms with Gasteiger partial charge in [0.15, 0.2) is 0 Å². The summed E-state index contributed by atoms with van der Waals surface area (Å²) >= 11 is 0. The largest absolute Gasteiger partial charge is 3.00 e. The van der Waals surface area contributed by atoms with Crippen LogP contribution in [0, 0.1) is 66.1 Å².